The lowest BCUT2D eigenvalue weighted by atomic mass is 10.1. The van der Waals surface area contributed by atoms with Crippen molar-refractivity contribution in [3.05, 3.63) is 17.7 Å². The summed E-state index contributed by atoms with van der Waals surface area (Å²) in [4.78, 5) is 2.32. The van der Waals surface area contributed by atoms with Gasteiger partial charge in [0.15, 0.2) is 11.5 Å². The van der Waals surface area contributed by atoms with E-state index in [0.717, 1.165) is 48.8 Å². The molecule has 0 saturated carbocycles. The van der Waals surface area contributed by atoms with Crippen LogP contribution in [-0.4, -0.2) is 42.9 Å². The highest BCUT2D eigenvalue weighted by Crippen LogP contribution is 2.35. The number of hydrogen-bond donors (Lipinski definition) is 2. The van der Waals surface area contributed by atoms with Gasteiger partial charge in [-0.1, -0.05) is 0 Å². The van der Waals surface area contributed by atoms with Gasteiger partial charge in [-0.25, -0.2) is 0 Å². The number of nitrogen functional groups attached to an aromatic ring is 1. The number of aliphatic hydroxyl groups is 1. The van der Waals surface area contributed by atoms with Gasteiger partial charge >= 0.3 is 0 Å². The molecule has 2 heterocycles. The second-order valence-electron chi connectivity index (χ2n) is 5.27. The molecule has 0 spiro atoms. The number of nitrogens with zero attached hydrogens (tertiary/aromatic N) is 1. The Morgan fingerprint density at radius 2 is 2.00 bits per heavy atom. The molecule has 1 unspecified atom stereocenters. The van der Waals surface area contributed by atoms with E-state index in [9.17, 15) is 5.11 Å². The second kappa shape index (κ2) is 5.27. The minimum Gasteiger partial charge on any atom is -0.486 e. The van der Waals surface area contributed by atoms with Gasteiger partial charge in [-0.2, -0.15) is 0 Å². The fourth-order valence-corrected chi connectivity index (χ4v) is 2.73. The van der Waals surface area contributed by atoms with Gasteiger partial charge < -0.3 is 20.3 Å². The maximum atomic E-state index is 9.17. The first-order chi connectivity index (χ1) is 9.26. The summed E-state index contributed by atoms with van der Waals surface area (Å²) in [5, 5.41) is 9.17. The number of rotatable bonds is 3. The number of likely N-dealkylation sites (tertiary alicyclic amines) is 1. The van der Waals surface area contributed by atoms with Gasteiger partial charge in [-0.15, -0.1) is 0 Å². The maximum absolute atomic E-state index is 9.17. The lowest BCUT2D eigenvalue weighted by Gasteiger charge is -2.22. The third-order valence-corrected chi connectivity index (χ3v) is 3.83. The van der Waals surface area contributed by atoms with Crippen LogP contribution < -0.4 is 15.2 Å². The highest BCUT2D eigenvalue weighted by molar-refractivity contribution is 5.58. The fraction of sp³-hybridized carbons (Fsp3) is 0.571. The van der Waals surface area contributed by atoms with E-state index in [-0.39, 0.29) is 6.61 Å². The summed E-state index contributed by atoms with van der Waals surface area (Å²) in [6.07, 6.45) is 1.06. The average Bonchev–Trinajstić information content (AvgIpc) is 2.87. The molecule has 2 aliphatic heterocycles. The van der Waals surface area contributed by atoms with E-state index in [1.54, 1.807) is 0 Å². The summed E-state index contributed by atoms with van der Waals surface area (Å²) in [7, 11) is 0. The van der Waals surface area contributed by atoms with Crippen molar-refractivity contribution < 1.29 is 14.6 Å². The van der Waals surface area contributed by atoms with Crippen LogP contribution >= 0.6 is 0 Å². The van der Waals surface area contributed by atoms with Crippen molar-refractivity contribution in [2.45, 2.75) is 13.0 Å². The molecule has 0 bridgehead atoms. The first kappa shape index (κ1) is 12.6. The number of fused-ring (bicyclic) bond motifs is 1. The van der Waals surface area contributed by atoms with E-state index < -0.39 is 0 Å². The Bertz CT molecular complexity index is 464. The number of benzene rings is 1. The standard InChI is InChI=1S/C14H20N2O3/c15-12-6-14-13(18-3-4-19-14)5-11(12)8-16-2-1-10(7-16)9-17/h5-6,10,17H,1-4,7-9,15H2. The van der Waals surface area contributed by atoms with E-state index in [2.05, 4.69) is 4.90 Å². The normalized spacial score (nSPS) is 22.7. The summed E-state index contributed by atoms with van der Waals surface area (Å²) < 4.78 is 11.1. The van der Waals surface area contributed by atoms with Gasteiger partial charge in [0.1, 0.15) is 13.2 Å². The summed E-state index contributed by atoms with van der Waals surface area (Å²) in [5.74, 6) is 1.92. The zero-order chi connectivity index (χ0) is 13.2. The van der Waals surface area contributed by atoms with Gasteiger partial charge in [0.05, 0.1) is 0 Å². The Hall–Kier alpha value is -1.46. The Balaban J connectivity index is 1.74. The SMILES string of the molecule is Nc1cc2c(cc1CN1CCC(CO)C1)OCCO2. The van der Waals surface area contributed by atoms with Crippen LogP contribution in [0.25, 0.3) is 0 Å². The molecule has 0 aromatic heterocycles. The lowest BCUT2D eigenvalue weighted by molar-refractivity contribution is 0.171. The topological polar surface area (TPSA) is 68.0 Å². The molecule has 5 nitrogen and oxygen atoms in total. The minimum atomic E-state index is 0.271. The van der Waals surface area contributed by atoms with Crippen LogP contribution in [-0.2, 0) is 6.54 Å². The molecule has 3 rings (SSSR count). The van der Waals surface area contributed by atoms with Crippen molar-refractivity contribution in [2.75, 3.05) is 38.6 Å². The number of ether oxygens (including phenoxy) is 2. The molecule has 2 aliphatic rings. The number of anilines is 1. The van der Waals surface area contributed by atoms with Crippen LogP contribution in [0.2, 0.25) is 0 Å². The molecule has 1 atom stereocenters. The molecule has 0 aliphatic carbocycles. The monoisotopic (exact) mass is 264 g/mol. The number of hydrogen-bond acceptors (Lipinski definition) is 5. The fourth-order valence-electron chi connectivity index (χ4n) is 2.73. The molecule has 1 saturated heterocycles. The minimum absolute atomic E-state index is 0.271. The molecule has 1 fully saturated rings. The largest absolute Gasteiger partial charge is 0.486 e. The number of aliphatic hydroxyl groups excluding tert-OH is 1. The molecular weight excluding hydrogens is 244 g/mol. The van der Waals surface area contributed by atoms with Crippen molar-refractivity contribution in [1.29, 1.82) is 0 Å². The summed E-state index contributed by atoms with van der Waals surface area (Å²) >= 11 is 0. The van der Waals surface area contributed by atoms with Gasteiger partial charge in [0, 0.05) is 31.5 Å². The van der Waals surface area contributed by atoms with Crippen LogP contribution in [0.5, 0.6) is 11.5 Å². The van der Waals surface area contributed by atoms with Crippen molar-refractivity contribution in [2.24, 2.45) is 5.92 Å². The van der Waals surface area contributed by atoms with E-state index in [0.29, 0.717) is 19.1 Å². The van der Waals surface area contributed by atoms with Crippen LogP contribution in [0.3, 0.4) is 0 Å². The molecule has 5 heteroatoms. The Labute approximate surface area is 112 Å². The molecule has 1 aromatic rings. The third-order valence-electron chi connectivity index (χ3n) is 3.83. The molecule has 0 amide bonds. The lowest BCUT2D eigenvalue weighted by Crippen LogP contribution is -2.22. The molecule has 3 N–H and O–H groups in total. The Kier molecular flexibility index (Phi) is 3.48. The van der Waals surface area contributed by atoms with Crippen LogP contribution in [0, 0.1) is 5.92 Å². The Morgan fingerprint density at radius 3 is 2.68 bits per heavy atom. The Morgan fingerprint density at radius 1 is 1.26 bits per heavy atom. The van der Waals surface area contributed by atoms with Gasteiger partial charge in [0.25, 0.3) is 0 Å². The second-order valence-corrected chi connectivity index (χ2v) is 5.27. The van der Waals surface area contributed by atoms with Crippen LogP contribution in [0.1, 0.15) is 12.0 Å². The molecule has 104 valence electrons. The zero-order valence-electron chi connectivity index (χ0n) is 11.0. The summed E-state index contributed by atoms with van der Waals surface area (Å²) in [5.41, 5.74) is 7.90. The van der Waals surface area contributed by atoms with E-state index in [1.165, 1.54) is 0 Å². The first-order valence-electron chi connectivity index (χ1n) is 6.77. The smallest absolute Gasteiger partial charge is 0.163 e. The third kappa shape index (κ3) is 2.62. The van der Waals surface area contributed by atoms with Crippen LogP contribution in [0.15, 0.2) is 12.1 Å². The average molecular weight is 264 g/mol. The molecule has 0 radical (unpaired) electrons. The van der Waals surface area contributed by atoms with Gasteiger partial charge in [0.2, 0.25) is 0 Å². The highest BCUT2D eigenvalue weighted by atomic mass is 16.6. The number of nitrogens with two attached hydrogens (primary N) is 1. The zero-order valence-corrected chi connectivity index (χ0v) is 11.0. The van der Waals surface area contributed by atoms with Gasteiger partial charge in [-0.05, 0) is 30.5 Å². The van der Waals surface area contributed by atoms with E-state index >= 15 is 0 Å². The molecular formula is C14H20N2O3. The summed E-state index contributed by atoms with van der Waals surface area (Å²) in [6, 6.07) is 3.83. The van der Waals surface area contributed by atoms with Crippen molar-refractivity contribution in [1.82, 2.24) is 4.90 Å². The van der Waals surface area contributed by atoms with Crippen molar-refractivity contribution >= 4 is 5.69 Å². The predicted molar refractivity (Wildman–Crippen MR) is 72.3 cm³/mol. The maximum Gasteiger partial charge on any atom is 0.163 e. The van der Waals surface area contributed by atoms with Crippen LogP contribution in [0.4, 0.5) is 5.69 Å². The van der Waals surface area contributed by atoms with Crippen molar-refractivity contribution in [3.63, 3.8) is 0 Å². The van der Waals surface area contributed by atoms with Crippen molar-refractivity contribution in [3.8, 4) is 11.5 Å². The summed E-state index contributed by atoms with van der Waals surface area (Å²) in [6.45, 7) is 4.19. The highest BCUT2D eigenvalue weighted by Gasteiger charge is 2.23. The van der Waals surface area contributed by atoms with Gasteiger partial charge in [-0.3, -0.25) is 4.90 Å². The van der Waals surface area contributed by atoms with E-state index in [1.807, 2.05) is 12.1 Å². The quantitative estimate of drug-likeness (QED) is 0.792. The van der Waals surface area contributed by atoms with E-state index in [4.69, 9.17) is 15.2 Å². The first-order valence-corrected chi connectivity index (χ1v) is 6.77. The molecule has 19 heavy (non-hydrogen) atoms. The predicted octanol–water partition coefficient (Wildman–Crippen LogP) is 0.854. The molecule has 1 aromatic carbocycles.